The van der Waals surface area contributed by atoms with Crippen LogP contribution in [-0.4, -0.2) is 18.9 Å². The minimum atomic E-state index is -0.171. The molecule has 18 heavy (non-hydrogen) atoms. The quantitative estimate of drug-likeness (QED) is 0.825. The van der Waals surface area contributed by atoms with Gasteiger partial charge in [0.15, 0.2) is 5.78 Å². The lowest BCUT2D eigenvalue weighted by molar-refractivity contribution is 0.0762. The van der Waals surface area contributed by atoms with Crippen molar-refractivity contribution in [3.05, 3.63) is 35.4 Å². The maximum Gasteiger partial charge on any atom is 0.168 e. The van der Waals surface area contributed by atoms with Crippen molar-refractivity contribution >= 4 is 5.78 Å². The van der Waals surface area contributed by atoms with Crippen LogP contribution in [0.25, 0.3) is 0 Å². The monoisotopic (exact) mass is 245 g/mol. The van der Waals surface area contributed by atoms with Gasteiger partial charge in [-0.1, -0.05) is 38.5 Å². The Hall–Kier alpha value is -1.15. The summed E-state index contributed by atoms with van der Waals surface area (Å²) >= 11 is 0. The predicted octanol–water partition coefficient (Wildman–Crippen LogP) is 3.21. The van der Waals surface area contributed by atoms with Crippen LogP contribution >= 0.6 is 0 Å². The number of aryl methyl sites for hydroxylation is 1. The van der Waals surface area contributed by atoms with Crippen molar-refractivity contribution in [1.82, 2.24) is 5.32 Å². The first kappa shape index (κ1) is 13.3. The van der Waals surface area contributed by atoms with E-state index in [1.807, 2.05) is 12.1 Å². The molecule has 0 atom stereocenters. The average Bonchev–Trinajstić information content (AvgIpc) is 2.39. The Kier molecular flexibility index (Phi) is 4.18. The normalized spacial score (nSPS) is 18.6. The molecule has 0 aliphatic carbocycles. The molecule has 1 aliphatic rings. The predicted molar refractivity (Wildman–Crippen MR) is 75.0 cm³/mol. The molecule has 2 nitrogen and oxygen atoms in total. The fourth-order valence-electron chi connectivity index (χ4n) is 2.71. The lowest BCUT2D eigenvalue weighted by Gasteiger charge is -2.32. The lowest BCUT2D eigenvalue weighted by atomic mass is 9.75. The molecular weight excluding hydrogens is 222 g/mol. The maximum atomic E-state index is 12.7. The molecule has 1 aromatic carbocycles. The highest BCUT2D eigenvalue weighted by atomic mass is 16.1. The molecule has 0 unspecified atom stereocenters. The zero-order valence-electron chi connectivity index (χ0n) is 11.5. The molecule has 0 radical (unpaired) electrons. The van der Waals surface area contributed by atoms with E-state index in [0.717, 1.165) is 44.3 Å². The highest BCUT2D eigenvalue weighted by Gasteiger charge is 2.34. The smallest absolute Gasteiger partial charge is 0.168 e. The van der Waals surface area contributed by atoms with E-state index >= 15 is 0 Å². The van der Waals surface area contributed by atoms with Gasteiger partial charge in [0, 0.05) is 11.0 Å². The van der Waals surface area contributed by atoms with Crippen molar-refractivity contribution < 1.29 is 4.79 Å². The summed E-state index contributed by atoms with van der Waals surface area (Å²) in [5.41, 5.74) is 2.00. The van der Waals surface area contributed by atoms with Crippen molar-refractivity contribution in [2.45, 2.75) is 39.5 Å². The number of carbonyl (C=O) groups is 1. The molecule has 1 heterocycles. The number of carbonyl (C=O) groups excluding carboxylic acids is 1. The van der Waals surface area contributed by atoms with Gasteiger partial charge in [0.1, 0.15) is 0 Å². The van der Waals surface area contributed by atoms with Crippen molar-refractivity contribution in [2.75, 3.05) is 13.1 Å². The average molecular weight is 245 g/mol. The first-order valence-corrected chi connectivity index (χ1v) is 7.00. The second-order valence-corrected chi connectivity index (χ2v) is 5.59. The molecule has 0 spiro atoms. The molecule has 0 bridgehead atoms. The van der Waals surface area contributed by atoms with E-state index in [4.69, 9.17) is 0 Å². The summed E-state index contributed by atoms with van der Waals surface area (Å²) in [5, 5.41) is 3.33. The van der Waals surface area contributed by atoms with Gasteiger partial charge in [0.25, 0.3) is 0 Å². The van der Waals surface area contributed by atoms with Gasteiger partial charge >= 0.3 is 0 Å². The van der Waals surface area contributed by atoms with Crippen LogP contribution in [0, 0.1) is 5.41 Å². The van der Waals surface area contributed by atoms with E-state index < -0.39 is 0 Å². The molecule has 1 aliphatic heterocycles. The van der Waals surface area contributed by atoms with E-state index in [1.54, 1.807) is 0 Å². The third kappa shape index (κ3) is 2.81. The fourth-order valence-corrected chi connectivity index (χ4v) is 2.71. The van der Waals surface area contributed by atoms with Crippen LogP contribution in [0.5, 0.6) is 0 Å². The van der Waals surface area contributed by atoms with Crippen molar-refractivity contribution in [3.63, 3.8) is 0 Å². The Morgan fingerprint density at radius 3 is 2.72 bits per heavy atom. The Morgan fingerprint density at radius 1 is 1.33 bits per heavy atom. The topological polar surface area (TPSA) is 29.1 Å². The van der Waals surface area contributed by atoms with E-state index in [2.05, 4.69) is 31.3 Å². The number of Topliss-reactive ketones (excluding diaryl/α,β-unsaturated/α-hetero) is 1. The van der Waals surface area contributed by atoms with Crippen LogP contribution < -0.4 is 5.32 Å². The minimum absolute atomic E-state index is 0.171. The highest BCUT2D eigenvalue weighted by Crippen LogP contribution is 2.32. The third-order valence-corrected chi connectivity index (χ3v) is 3.98. The summed E-state index contributed by atoms with van der Waals surface area (Å²) in [5.74, 6) is 0.321. The van der Waals surface area contributed by atoms with E-state index in [9.17, 15) is 4.79 Å². The molecular formula is C16H23NO. The summed E-state index contributed by atoms with van der Waals surface area (Å²) in [6.07, 6.45) is 4.08. The van der Waals surface area contributed by atoms with E-state index in [1.165, 1.54) is 5.56 Å². The summed E-state index contributed by atoms with van der Waals surface area (Å²) < 4.78 is 0. The van der Waals surface area contributed by atoms with Crippen LogP contribution in [0.15, 0.2) is 24.3 Å². The van der Waals surface area contributed by atoms with Crippen LogP contribution in [-0.2, 0) is 6.42 Å². The molecule has 1 aromatic rings. The van der Waals surface area contributed by atoms with Gasteiger partial charge in [-0.25, -0.2) is 0 Å². The Morgan fingerprint density at radius 2 is 2.06 bits per heavy atom. The summed E-state index contributed by atoms with van der Waals surface area (Å²) in [6, 6.07) is 8.18. The summed E-state index contributed by atoms with van der Waals surface area (Å²) in [6.45, 7) is 6.19. The molecule has 0 aromatic heterocycles. The molecule has 1 N–H and O–H groups in total. The number of rotatable bonds is 4. The maximum absolute atomic E-state index is 12.7. The molecule has 1 fully saturated rings. The van der Waals surface area contributed by atoms with Gasteiger partial charge in [-0.2, -0.15) is 0 Å². The zero-order valence-corrected chi connectivity index (χ0v) is 11.5. The molecule has 98 valence electrons. The second kappa shape index (κ2) is 5.66. The van der Waals surface area contributed by atoms with E-state index in [-0.39, 0.29) is 5.41 Å². The van der Waals surface area contributed by atoms with Gasteiger partial charge in [-0.05, 0) is 44.0 Å². The van der Waals surface area contributed by atoms with Gasteiger partial charge in [0.05, 0.1) is 0 Å². The molecule has 2 rings (SSSR count). The first-order valence-electron chi connectivity index (χ1n) is 7.00. The summed E-state index contributed by atoms with van der Waals surface area (Å²) in [4.78, 5) is 12.7. The van der Waals surface area contributed by atoms with Crippen LogP contribution in [0.4, 0.5) is 0 Å². The number of piperidine rings is 1. The first-order chi connectivity index (χ1) is 8.65. The van der Waals surface area contributed by atoms with Crippen LogP contribution in [0.3, 0.4) is 0 Å². The minimum Gasteiger partial charge on any atom is -0.317 e. The molecule has 0 amide bonds. The Labute approximate surface area is 110 Å². The number of hydrogen-bond acceptors (Lipinski definition) is 2. The third-order valence-electron chi connectivity index (χ3n) is 3.98. The second-order valence-electron chi connectivity index (χ2n) is 5.59. The molecule has 1 saturated heterocycles. The van der Waals surface area contributed by atoms with Crippen molar-refractivity contribution in [2.24, 2.45) is 5.41 Å². The number of nitrogens with one attached hydrogen (secondary N) is 1. The molecule has 2 heteroatoms. The van der Waals surface area contributed by atoms with Gasteiger partial charge < -0.3 is 5.32 Å². The van der Waals surface area contributed by atoms with Gasteiger partial charge in [0.2, 0.25) is 0 Å². The summed E-state index contributed by atoms with van der Waals surface area (Å²) in [7, 11) is 0. The standard InChI is InChI=1S/C16H23NO/c1-3-5-13-6-4-7-14(12-13)15(18)16(2)8-10-17-11-9-16/h4,6-7,12,17H,3,5,8-11H2,1-2H3. The number of hydrogen-bond donors (Lipinski definition) is 1. The Bertz CT molecular complexity index is 419. The Balaban J connectivity index is 2.19. The fraction of sp³-hybridized carbons (Fsp3) is 0.562. The zero-order chi connectivity index (χ0) is 13.0. The highest BCUT2D eigenvalue weighted by molar-refractivity contribution is 6.00. The lowest BCUT2D eigenvalue weighted by Crippen LogP contribution is -2.40. The van der Waals surface area contributed by atoms with Crippen LogP contribution in [0.1, 0.15) is 49.0 Å². The van der Waals surface area contributed by atoms with Gasteiger partial charge in [-0.3, -0.25) is 4.79 Å². The SMILES string of the molecule is CCCc1cccc(C(=O)C2(C)CCNCC2)c1. The van der Waals surface area contributed by atoms with Crippen molar-refractivity contribution in [3.8, 4) is 0 Å². The number of ketones is 1. The van der Waals surface area contributed by atoms with Crippen molar-refractivity contribution in [1.29, 1.82) is 0 Å². The molecule has 0 saturated carbocycles. The van der Waals surface area contributed by atoms with Gasteiger partial charge in [-0.15, -0.1) is 0 Å². The van der Waals surface area contributed by atoms with Crippen LogP contribution in [0.2, 0.25) is 0 Å². The van der Waals surface area contributed by atoms with E-state index in [0.29, 0.717) is 5.78 Å². The largest absolute Gasteiger partial charge is 0.317 e. The number of benzene rings is 1.